The summed E-state index contributed by atoms with van der Waals surface area (Å²) in [6.07, 6.45) is 0. The molecule has 53 heavy (non-hydrogen) atoms. The number of anilines is 3. The molecule has 248 valence electrons. The summed E-state index contributed by atoms with van der Waals surface area (Å²) in [5, 5.41) is 4.57. The van der Waals surface area contributed by atoms with Crippen LogP contribution in [-0.2, 0) is 5.41 Å². The third kappa shape index (κ3) is 4.27. The minimum Gasteiger partial charge on any atom is -0.455 e. The second kappa shape index (κ2) is 11.6. The van der Waals surface area contributed by atoms with E-state index in [2.05, 4.69) is 205 Å². The zero-order valence-corrected chi connectivity index (χ0v) is 28.9. The van der Waals surface area contributed by atoms with E-state index in [4.69, 9.17) is 4.74 Å². The number of ether oxygens (including phenoxy) is 1. The first kappa shape index (κ1) is 29.8. The van der Waals surface area contributed by atoms with Crippen molar-refractivity contribution < 1.29 is 4.74 Å². The first-order valence-corrected chi connectivity index (χ1v) is 18.3. The zero-order valence-electron chi connectivity index (χ0n) is 28.9. The number of para-hydroxylation sites is 1. The number of hydrogen-bond acceptors (Lipinski definition) is 2. The standard InChI is InChI=1S/C51H33NO/c1-3-14-34(15-4-1)35-26-30-39(31-27-35)52(38-18-5-2-6-19-38)47-25-13-24-44-48(47)42-22-11-12-23-43(42)51(44)45-32-28-36-16-7-9-20-40(36)49(45)53-50-41-21-10-8-17-37(41)29-33-46(50)51/h1-33H. The molecule has 0 amide bonds. The number of fused-ring (bicyclic) bond motifs is 13. The van der Waals surface area contributed by atoms with Gasteiger partial charge in [0.25, 0.3) is 0 Å². The fourth-order valence-electron chi connectivity index (χ4n) is 9.06. The molecule has 0 atom stereocenters. The van der Waals surface area contributed by atoms with Crippen LogP contribution in [0.2, 0.25) is 0 Å². The van der Waals surface area contributed by atoms with Gasteiger partial charge < -0.3 is 9.64 Å². The van der Waals surface area contributed by atoms with E-state index in [9.17, 15) is 0 Å². The molecule has 1 spiro atoms. The molecular formula is C51H33NO. The maximum Gasteiger partial charge on any atom is 0.140 e. The van der Waals surface area contributed by atoms with Gasteiger partial charge in [0.2, 0.25) is 0 Å². The normalized spacial score (nSPS) is 13.2. The van der Waals surface area contributed by atoms with Gasteiger partial charge in [-0.2, -0.15) is 0 Å². The Balaban J connectivity index is 1.23. The highest BCUT2D eigenvalue weighted by atomic mass is 16.5. The highest BCUT2D eigenvalue weighted by molar-refractivity contribution is 6.03. The van der Waals surface area contributed by atoms with Gasteiger partial charge in [-0.3, -0.25) is 0 Å². The Kier molecular flexibility index (Phi) is 6.50. The van der Waals surface area contributed by atoms with Crippen molar-refractivity contribution in [3.8, 4) is 33.8 Å². The van der Waals surface area contributed by atoms with Crippen molar-refractivity contribution in [3.05, 3.63) is 222 Å². The van der Waals surface area contributed by atoms with E-state index in [0.29, 0.717) is 0 Å². The third-order valence-corrected chi connectivity index (χ3v) is 11.3. The van der Waals surface area contributed by atoms with E-state index in [0.717, 1.165) is 39.3 Å². The van der Waals surface area contributed by atoms with E-state index in [1.165, 1.54) is 55.3 Å². The van der Waals surface area contributed by atoms with Gasteiger partial charge in [-0.25, -0.2) is 0 Å². The van der Waals surface area contributed by atoms with Crippen molar-refractivity contribution in [1.29, 1.82) is 0 Å². The summed E-state index contributed by atoms with van der Waals surface area (Å²) in [7, 11) is 0. The lowest BCUT2D eigenvalue weighted by Crippen LogP contribution is -2.32. The van der Waals surface area contributed by atoms with Crippen LogP contribution in [0.3, 0.4) is 0 Å². The predicted molar refractivity (Wildman–Crippen MR) is 219 cm³/mol. The topological polar surface area (TPSA) is 12.5 Å². The molecule has 1 aliphatic heterocycles. The average molecular weight is 676 g/mol. The molecule has 2 heteroatoms. The molecule has 0 saturated carbocycles. The molecule has 9 aromatic carbocycles. The van der Waals surface area contributed by atoms with Crippen LogP contribution in [0.15, 0.2) is 200 Å². The molecule has 9 aromatic rings. The zero-order chi connectivity index (χ0) is 34.9. The molecule has 2 nitrogen and oxygen atoms in total. The number of rotatable bonds is 4. The van der Waals surface area contributed by atoms with Gasteiger partial charge in [-0.05, 0) is 68.9 Å². The van der Waals surface area contributed by atoms with E-state index < -0.39 is 5.41 Å². The Labute approximate surface area is 308 Å². The van der Waals surface area contributed by atoms with Crippen molar-refractivity contribution >= 4 is 38.6 Å². The van der Waals surface area contributed by atoms with Crippen molar-refractivity contribution in [1.82, 2.24) is 0 Å². The van der Waals surface area contributed by atoms with Crippen molar-refractivity contribution in [2.45, 2.75) is 5.41 Å². The first-order valence-electron chi connectivity index (χ1n) is 18.3. The summed E-state index contributed by atoms with van der Waals surface area (Å²) >= 11 is 0. The molecule has 11 rings (SSSR count). The predicted octanol–water partition coefficient (Wildman–Crippen LogP) is 13.6. The van der Waals surface area contributed by atoms with Crippen LogP contribution in [0.1, 0.15) is 22.3 Å². The van der Waals surface area contributed by atoms with Crippen LogP contribution < -0.4 is 9.64 Å². The Hall–Kier alpha value is -6.90. The second-order valence-corrected chi connectivity index (χ2v) is 14.0. The minimum absolute atomic E-state index is 0.613. The fourth-order valence-corrected chi connectivity index (χ4v) is 9.06. The molecular weight excluding hydrogens is 643 g/mol. The highest BCUT2D eigenvalue weighted by Crippen LogP contribution is 2.65. The quantitative estimate of drug-likeness (QED) is 0.184. The van der Waals surface area contributed by atoms with Gasteiger partial charge in [-0.1, -0.05) is 170 Å². The Bertz CT molecular complexity index is 2770. The van der Waals surface area contributed by atoms with Gasteiger partial charge in [-0.15, -0.1) is 0 Å². The number of nitrogens with zero attached hydrogens (tertiary/aromatic N) is 1. The van der Waals surface area contributed by atoms with Gasteiger partial charge in [0.15, 0.2) is 0 Å². The van der Waals surface area contributed by atoms with Gasteiger partial charge in [0.05, 0.1) is 11.1 Å². The Morgan fingerprint density at radius 2 is 0.887 bits per heavy atom. The molecule has 0 radical (unpaired) electrons. The minimum atomic E-state index is -0.613. The van der Waals surface area contributed by atoms with E-state index >= 15 is 0 Å². The van der Waals surface area contributed by atoms with E-state index in [1.807, 2.05) is 0 Å². The molecule has 0 fully saturated rings. The van der Waals surface area contributed by atoms with Crippen LogP contribution in [0.4, 0.5) is 17.1 Å². The summed E-state index contributed by atoms with van der Waals surface area (Å²) in [6.45, 7) is 0. The van der Waals surface area contributed by atoms with Crippen molar-refractivity contribution in [3.63, 3.8) is 0 Å². The lowest BCUT2D eigenvalue weighted by molar-refractivity contribution is 0.447. The Morgan fingerprint density at radius 3 is 1.57 bits per heavy atom. The number of benzene rings is 9. The largest absolute Gasteiger partial charge is 0.455 e. The summed E-state index contributed by atoms with van der Waals surface area (Å²) in [4.78, 5) is 2.42. The Morgan fingerprint density at radius 1 is 0.358 bits per heavy atom. The van der Waals surface area contributed by atoms with Crippen molar-refractivity contribution in [2.75, 3.05) is 4.90 Å². The third-order valence-electron chi connectivity index (χ3n) is 11.3. The fraction of sp³-hybridized carbons (Fsp3) is 0.0196. The van der Waals surface area contributed by atoms with Crippen molar-refractivity contribution in [2.24, 2.45) is 0 Å². The molecule has 0 bridgehead atoms. The van der Waals surface area contributed by atoms with Crippen LogP contribution in [-0.4, -0.2) is 0 Å². The molecule has 1 aliphatic carbocycles. The van der Waals surface area contributed by atoms with Crippen LogP contribution in [0, 0.1) is 0 Å². The molecule has 2 aliphatic rings. The monoisotopic (exact) mass is 675 g/mol. The molecule has 0 saturated heterocycles. The maximum atomic E-state index is 7.17. The van der Waals surface area contributed by atoms with Crippen LogP contribution in [0.5, 0.6) is 11.5 Å². The maximum absolute atomic E-state index is 7.17. The number of hydrogen-bond donors (Lipinski definition) is 0. The molecule has 0 N–H and O–H groups in total. The van der Waals surface area contributed by atoms with Crippen LogP contribution >= 0.6 is 0 Å². The smallest absolute Gasteiger partial charge is 0.140 e. The van der Waals surface area contributed by atoms with Gasteiger partial charge in [0, 0.05) is 38.8 Å². The van der Waals surface area contributed by atoms with E-state index in [1.54, 1.807) is 0 Å². The summed E-state index contributed by atoms with van der Waals surface area (Å²) < 4.78 is 7.17. The summed E-state index contributed by atoms with van der Waals surface area (Å²) in [5.41, 5.74) is 12.5. The summed E-state index contributed by atoms with van der Waals surface area (Å²) in [6, 6.07) is 72.6. The van der Waals surface area contributed by atoms with Gasteiger partial charge >= 0.3 is 0 Å². The lowest BCUT2D eigenvalue weighted by Gasteiger charge is -2.40. The molecule has 1 heterocycles. The second-order valence-electron chi connectivity index (χ2n) is 14.0. The molecule has 0 aromatic heterocycles. The van der Waals surface area contributed by atoms with E-state index in [-0.39, 0.29) is 0 Å². The van der Waals surface area contributed by atoms with Gasteiger partial charge in [0.1, 0.15) is 11.5 Å². The highest BCUT2D eigenvalue weighted by Gasteiger charge is 2.52. The SMILES string of the molecule is c1ccc(-c2ccc(N(c3ccccc3)c3cccc4c3-c3ccccc3C43c4ccc5ccccc5c4Oc4c3ccc3ccccc43)cc2)cc1. The average Bonchev–Trinajstić information content (AvgIpc) is 3.53. The molecule has 0 unspecified atom stereocenters. The lowest BCUT2D eigenvalue weighted by atomic mass is 9.65. The van der Waals surface area contributed by atoms with Crippen LogP contribution in [0.25, 0.3) is 43.8 Å². The summed E-state index contributed by atoms with van der Waals surface area (Å²) in [5.74, 6) is 1.85. The first-order chi connectivity index (χ1) is 26.3.